The molecule has 0 saturated heterocycles. The van der Waals surface area contributed by atoms with Gasteiger partial charge in [0, 0.05) is 50.0 Å². The second-order valence-electron chi connectivity index (χ2n) is 14.5. The predicted octanol–water partition coefficient (Wildman–Crippen LogP) is 14.1. The fourth-order valence-electron chi connectivity index (χ4n) is 8.73. The maximum atomic E-state index is 6.43. The lowest BCUT2D eigenvalue weighted by Gasteiger charge is -2.29. The summed E-state index contributed by atoms with van der Waals surface area (Å²) in [5, 5.41) is 6.97. The summed E-state index contributed by atoms with van der Waals surface area (Å²) in [7, 11) is 0. The molecular formula is C49H33NO2. The van der Waals surface area contributed by atoms with Gasteiger partial charge in [0.2, 0.25) is 0 Å². The van der Waals surface area contributed by atoms with Gasteiger partial charge in [0.15, 0.2) is 0 Å². The van der Waals surface area contributed by atoms with Crippen LogP contribution in [0, 0.1) is 0 Å². The number of hydrogen-bond acceptors (Lipinski definition) is 3. The Morgan fingerprint density at radius 1 is 0.442 bits per heavy atom. The molecule has 0 saturated carbocycles. The van der Waals surface area contributed by atoms with E-state index in [0.717, 1.165) is 61.1 Å². The highest BCUT2D eigenvalue weighted by molar-refractivity contribution is 6.19. The van der Waals surface area contributed by atoms with Crippen molar-refractivity contribution in [1.82, 2.24) is 0 Å². The number of rotatable bonds is 4. The topological polar surface area (TPSA) is 29.5 Å². The van der Waals surface area contributed by atoms with Gasteiger partial charge in [0.1, 0.15) is 22.3 Å². The van der Waals surface area contributed by atoms with E-state index >= 15 is 0 Å². The van der Waals surface area contributed by atoms with Crippen LogP contribution in [0.25, 0.3) is 76.9 Å². The largest absolute Gasteiger partial charge is 0.456 e. The van der Waals surface area contributed by atoms with Crippen molar-refractivity contribution in [3.63, 3.8) is 0 Å². The van der Waals surface area contributed by atoms with E-state index in [9.17, 15) is 0 Å². The Labute approximate surface area is 301 Å². The molecule has 0 atom stereocenters. The lowest BCUT2D eigenvalue weighted by atomic mass is 9.82. The van der Waals surface area contributed by atoms with Gasteiger partial charge < -0.3 is 13.7 Å². The maximum Gasteiger partial charge on any atom is 0.137 e. The number of para-hydroxylation sites is 2. The molecule has 0 radical (unpaired) electrons. The molecule has 11 rings (SSSR count). The quantitative estimate of drug-likeness (QED) is 0.187. The summed E-state index contributed by atoms with van der Waals surface area (Å²) in [6.45, 7) is 4.68. The van der Waals surface area contributed by atoms with Crippen LogP contribution in [0.3, 0.4) is 0 Å². The minimum atomic E-state index is -0.109. The van der Waals surface area contributed by atoms with E-state index in [0.29, 0.717) is 0 Å². The van der Waals surface area contributed by atoms with Crippen molar-refractivity contribution < 1.29 is 8.83 Å². The monoisotopic (exact) mass is 667 g/mol. The summed E-state index contributed by atoms with van der Waals surface area (Å²) in [6, 6.07) is 58.8. The maximum absolute atomic E-state index is 6.43. The first-order valence-electron chi connectivity index (χ1n) is 17.9. The van der Waals surface area contributed by atoms with Gasteiger partial charge in [-0.1, -0.05) is 117 Å². The highest BCUT2D eigenvalue weighted by atomic mass is 16.3. The van der Waals surface area contributed by atoms with Crippen LogP contribution in [0.2, 0.25) is 0 Å². The second kappa shape index (κ2) is 10.7. The van der Waals surface area contributed by atoms with Crippen molar-refractivity contribution in [2.75, 3.05) is 4.90 Å². The van der Waals surface area contributed by atoms with Crippen LogP contribution >= 0.6 is 0 Å². The van der Waals surface area contributed by atoms with E-state index in [4.69, 9.17) is 8.83 Å². The smallest absolute Gasteiger partial charge is 0.137 e. The number of fused-ring (bicyclic) bond motifs is 11. The Morgan fingerprint density at radius 2 is 1.10 bits per heavy atom. The van der Waals surface area contributed by atoms with Crippen LogP contribution < -0.4 is 4.90 Å². The fraction of sp³-hybridized carbons (Fsp3) is 0.0612. The van der Waals surface area contributed by atoms with Crippen molar-refractivity contribution in [2.45, 2.75) is 19.3 Å². The van der Waals surface area contributed by atoms with E-state index in [-0.39, 0.29) is 5.41 Å². The standard InChI is InChI=1S/C49H33NO2/c1-49(2)40-13-6-3-11-37(40)48-41(49)14-9-15-42(48)50(34-25-26-36-35-10-4-7-16-43(35)52-46(36)29-34)33-23-20-30(21-24-33)32-19-18-31-22-27-45-47(39(31)28-32)38-12-5-8-17-44(38)51-45/h3-29H,1-2H3. The molecule has 2 heterocycles. The van der Waals surface area contributed by atoms with E-state index < -0.39 is 0 Å². The van der Waals surface area contributed by atoms with Crippen LogP contribution in [0.15, 0.2) is 173 Å². The van der Waals surface area contributed by atoms with Gasteiger partial charge in [-0.3, -0.25) is 0 Å². The molecule has 0 fully saturated rings. The average molecular weight is 668 g/mol. The zero-order chi connectivity index (χ0) is 34.6. The molecule has 8 aromatic carbocycles. The van der Waals surface area contributed by atoms with Crippen molar-refractivity contribution in [2.24, 2.45) is 0 Å². The van der Waals surface area contributed by atoms with Crippen molar-refractivity contribution in [1.29, 1.82) is 0 Å². The normalized spacial score (nSPS) is 13.3. The third kappa shape index (κ3) is 4.14. The Morgan fingerprint density at radius 3 is 1.96 bits per heavy atom. The van der Waals surface area contributed by atoms with Crippen LogP contribution in [0.5, 0.6) is 0 Å². The molecule has 0 aliphatic heterocycles. The zero-order valence-electron chi connectivity index (χ0n) is 28.9. The van der Waals surface area contributed by atoms with E-state index in [1.54, 1.807) is 0 Å². The minimum Gasteiger partial charge on any atom is -0.456 e. The summed E-state index contributed by atoms with van der Waals surface area (Å²) in [4.78, 5) is 2.40. The number of anilines is 3. The SMILES string of the molecule is CC1(C)c2ccccc2-c2c(N(c3ccc(-c4ccc5ccc6oc7ccccc7c6c5c4)cc3)c3ccc4c(c3)oc3ccccc34)cccc21. The number of hydrogen-bond donors (Lipinski definition) is 0. The highest BCUT2D eigenvalue weighted by Gasteiger charge is 2.37. The number of benzene rings is 8. The van der Waals surface area contributed by atoms with Crippen LogP contribution in [0.4, 0.5) is 17.1 Å². The molecule has 1 aliphatic carbocycles. The molecule has 1 aliphatic rings. The molecule has 0 spiro atoms. The molecule has 246 valence electrons. The van der Waals surface area contributed by atoms with Gasteiger partial charge in [-0.2, -0.15) is 0 Å². The first-order valence-corrected chi connectivity index (χ1v) is 17.9. The number of furan rings is 2. The average Bonchev–Trinajstić information content (AvgIpc) is 3.83. The van der Waals surface area contributed by atoms with E-state index in [2.05, 4.69) is 158 Å². The third-order valence-electron chi connectivity index (χ3n) is 11.3. The molecule has 0 unspecified atom stereocenters. The van der Waals surface area contributed by atoms with Gasteiger partial charge in [-0.25, -0.2) is 0 Å². The highest BCUT2D eigenvalue weighted by Crippen LogP contribution is 2.54. The van der Waals surface area contributed by atoms with Gasteiger partial charge in [0.25, 0.3) is 0 Å². The van der Waals surface area contributed by atoms with Gasteiger partial charge in [0.05, 0.1) is 5.69 Å². The van der Waals surface area contributed by atoms with Crippen LogP contribution in [-0.2, 0) is 5.41 Å². The molecule has 3 heteroatoms. The molecular weight excluding hydrogens is 635 g/mol. The van der Waals surface area contributed by atoms with Crippen molar-refractivity contribution in [3.8, 4) is 22.3 Å². The fourth-order valence-corrected chi connectivity index (χ4v) is 8.73. The summed E-state index contributed by atoms with van der Waals surface area (Å²) >= 11 is 0. The second-order valence-corrected chi connectivity index (χ2v) is 14.5. The Balaban J connectivity index is 1.09. The molecule has 10 aromatic rings. The van der Waals surface area contributed by atoms with Crippen molar-refractivity contribution >= 4 is 71.7 Å². The van der Waals surface area contributed by atoms with Gasteiger partial charge >= 0.3 is 0 Å². The van der Waals surface area contributed by atoms with E-state index in [1.807, 2.05) is 24.3 Å². The Hall–Kier alpha value is -6.58. The third-order valence-corrected chi connectivity index (χ3v) is 11.3. The number of nitrogens with zero attached hydrogens (tertiary/aromatic N) is 1. The Kier molecular flexibility index (Phi) is 6.01. The summed E-state index contributed by atoms with van der Waals surface area (Å²) in [5.41, 5.74) is 14.4. The molecule has 0 bridgehead atoms. The van der Waals surface area contributed by atoms with Crippen LogP contribution in [-0.4, -0.2) is 0 Å². The first kappa shape index (κ1) is 29.2. The van der Waals surface area contributed by atoms with Gasteiger partial charge in [-0.05, 0) is 93.2 Å². The lowest BCUT2D eigenvalue weighted by Crippen LogP contribution is -2.16. The Bertz CT molecular complexity index is 3050. The molecule has 2 aromatic heterocycles. The predicted molar refractivity (Wildman–Crippen MR) is 216 cm³/mol. The molecule has 0 amide bonds. The first-order chi connectivity index (χ1) is 25.5. The summed E-state index contributed by atoms with van der Waals surface area (Å²) in [5.74, 6) is 0. The summed E-state index contributed by atoms with van der Waals surface area (Å²) < 4.78 is 12.7. The van der Waals surface area contributed by atoms with Crippen molar-refractivity contribution in [3.05, 3.63) is 175 Å². The summed E-state index contributed by atoms with van der Waals surface area (Å²) in [6.07, 6.45) is 0. The zero-order valence-corrected chi connectivity index (χ0v) is 28.9. The van der Waals surface area contributed by atoms with Gasteiger partial charge in [-0.15, -0.1) is 0 Å². The van der Waals surface area contributed by atoms with Crippen LogP contribution in [0.1, 0.15) is 25.0 Å². The molecule has 3 nitrogen and oxygen atoms in total. The minimum absolute atomic E-state index is 0.109. The lowest BCUT2D eigenvalue weighted by molar-refractivity contribution is 0.660. The molecule has 0 N–H and O–H groups in total. The van der Waals surface area contributed by atoms with E-state index in [1.165, 1.54) is 44.0 Å². The molecule has 52 heavy (non-hydrogen) atoms.